The molecule has 1 N–H and O–H groups in total. The van der Waals surface area contributed by atoms with E-state index >= 15 is 0 Å². The lowest BCUT2D eigenvalue weighted by atomic mass is 10.1. The fourth-order valence-electron chi connectivity index (χ4n) is 4.09. The Kier molecular flexibility index (Phi) is 5.75. The number of aromatic hydroxyl groups is 1. The van der Waals surface area contributed by atoms with Crippen LogP contribution in [0.3, 0.4) is 0 Å². The molecule has 1 aliphatic rings. The number of hydrogen-bond acceptors (Lipinski definition) is 4. The van der Waals surface area contributed by atoms with E-state index in [9.17, 15) is 9.90 Å². The summed E-state index contributed by atoms with van der Waals surface area (Å²) in [5, 5.41) is 15.2. The second-order valence-corrected chi connectivity index (χ2v) is 8.41. The minimum absolute atomic E-state index is 0.0438. The molecule has 0 saturated carbocycles. The molecule has 0 unspecified atom stereocenters. The van der Waals surface area contributed by atoms with E-state index in [2.05, 4.69) is 4.90 Å². The van der Waals surface area contributed by atoms with Gasteiger partial charge in [-0.3, -0.25) is 4.79 Å². The molecule has 33 heavy (non-hydrogen) atoms. The Hall–Kier alpha value is -3.77. The topological polar surface area (TPSA) is 61.6 Å². The molecule has 1 amide bonds. The number of phenols is 1. The normalized spacial score (nSPS) is 13.8. The molecule has 4 aromatic rings. The van der Waals surface area contributed by atoms with Gasteiger partial charge in [0.25, 0.3) is 5.91 Å². The van der Waals surface area contributed by atoms with Crippen molar-refractivity contribution in [1.82, 2.24) is 14.7 Å². The van der Waals surface area contributed by atoms with E-state index in [1.54, 1.807) is 28.9 Å². The van der Waals surface area contributed by atoms with Crippen molar-refractivity contribution in [3.05, 3.63) is 95.6 Å². The number of phenolic OH excluding ortho intramolecular Hbond substituents is 1. The summed E-state index contributed by atoms with van der Waals surface area (Å²) in [6.45, 7) is 2.56. The molecule has 0 spiro atoms. The van der Waals surface area contributed by atoms with Crippen LogP contribution in [-0.4, -0.2) is 51.9 Å². The van der Waals surface area contributed by atoms with Crippen LogP contribution in [0.25, 0.3) is 16.9 Å². The van der Waals surface area contributed by atoms with E-state index < -0.39 is 0 Å². The van der Waals surface area contributed by atoms with Gasteiger partial charge in [0.2, 0.25) is 0 Å². The number of amides is 1. The first-order valence-electron chi connectivity index (χ1n) is 10.8. The number of para-hydroxylation sites is 1. The molecule has 0 radical (unpaired) electrons. The molecule has 5 rings (SSSR count). The SMILES string of the molecule is O=C(c1cn(-c2ccccc2)nc1-c1ccc(Cl)cc1)N1CCN(c2cccc(O)c2)CC1. The predicted molar refractivity (Wildman–Crippen MR) is 130 cm³/mol. The Balaban J connectivity index is 1.42. The zero-order chi connectivity index (χ0) is 22.8. The molecule has 1 aromatic heterocycles. The molecule has 1 fully saturated rings. The van der Waals surface area contributed by atoms with Crippen LogP contribution in [0.5, 0.6) is 5.75 Å². The van der Waals surface area contributed by atoms with Crippen molar-refractivity contribution in [2.24, 2.45) is 0 Å². The Bertz CT molecular complexity index is 1260. The Morgan fingerprint density at radius 3 is 2.24 bits per heavy atom. The Labute approximate surface area is 197 Å². The van der Waals surface area contributed by atoms with Gasteiger partial charge in [-0.2, -0.15) is 5.10 Å². The van der Waals surface area contributed by atoms with Crippen LogP contribution in [0.15, 0.2) is 85.1 Å². The number of halogens is 1. The van der Waals surface area contributed by atoms with Gasteiger partial charge in [-0.25, -0.2) is 4.68 Å². The number of rotatable bonds is 4. The summed E-state index contributed by atoms with van der Waals surface area (Å²) in [5.41, 5.74) is 3.89. The standard InChI is InChI=1S/C26H23ClN4O2/c27-20-11-9-19(10-12-20)25-24(18-31(28-25)21-5-2-1-3-6-21)26(33)30-15-13-29(14-16-30)22-7-4-8-23(32)17-22/h1-12,17-18,32H,13-16H2. The van der Waals surface area contributed by atoms with Crippen molar-refractivity contribution >= 4 is 23.2 Å². The number of hydrogen-bond donors (Lipinski definition) is 1. The van der Waals surface area contributed by atoms with Gasteiger partial charge in [-0.15, -0.1) is 0 Å². The number of aromatic nitrogens is 2. The minimum atomic E-state index is -0.0438. The first-order chi connectivity index (χ1) is 16.1. The summed E-state index contributed by atoms with van der Waals surface area (Å²) >= 11 is 6.08. The lowest BCUT2D eigenvalue weighted by molar-refractivity contribution is 0.0747. The molecule has 3 aromatic carbocycles. The summed E-state index contributed by atoms with van der Waals surface area (Å²) < 4.78 is 1.75. The zero-order valence-corrected chi connectivity index (χ0v) is 18.7. The third-order valence-electron chi connectivity index (χ3n) is 5.84. The highest BCUT2D eigenvalue weighted by molar-refractivity contribution is 6.30. The first-order valence-corrected chi connectivity index (χ1v) is 11.2. The number of carbonyl (C=O) groups is 1. The van der Waals surface area contributed by atoms with E-state index in [1.807, 2.05) is 65.7 Å². The fraction of sp³-hybridized carbons (Fsp3) is 0.154. The van der Waals surface area contributed by atoms with Gasteiger partial charge in [0.1, 0.15) is 11.4 Å². The van der Waals surface area contributed by atoms with E-state index in [0.717, 1.165) is 16.9 Å². The molecule has 166 valence electrons. The largest absolute Gasteiger partial charge is 0.508 e. The summed E-state index contributed by atoms with van der Waals surface area (Å²) in [6, 6.07) is 24.4. The number of nitrogens with zero attached hydrogens (tertiary/aromatic N) is 4. The second kappa shape index (κ2) is 9.00. The quantitative estimate of drug-likeness (QED) is 0.474. The summed E-state index contributed by atoms with van der Waals surface area (Å²) in [6.07, 6.45) is 1.81. The zero-order valence-electron chi connectivity index (χ0n) is 17.9. The molecule has 1 saturated heterocycles. The van der Waals surface area contributed by atoms with Gasteiger partial charge in [-0.1, -0.05) is 48.0 Å². The van der Waals surface area contributed by atoms with E-state index in [4.69, 9.17) is 16.7 Å². The van der Waals surface area contributed by atoms with Crippen molar-refractivity contribution in [3.63, 3.8) is 0 Å². The van der Waals surface area contributed by atoms with Crippen molar-refractivity contribution in [2.45, 2.75) is 0 Å². The van der Waals surface area contributed by atoms with Gasteiger partial charge in [0.05, 0.1) is 11.3 Å². The lowest BCUT2D eigenvalue weighted by Crippen LogP contribution is -2.48. The number of benzene rings is 3. The molecular weight excluding hydrogens is 436 g/mol. The van der Waals surface area contributed by atoms with Crippen LogP contribution in [0.1, 0.15) is 10.4 Å². The smallest absolute Gasteiger partial charge is 0.257 e. The molecule has 6 nitrogen and oxygen atoms in total. The van der Waals surface area contributed by atoms with E-state index in [0.29, 0.717) is 42.5 Å². The highest BCUT2D eigenvalue weighted by Gasteiger charge is 2.27. The predicted octanol–water partition coefficient (Wildman–Crippen LogP) is 4.86. The molecule has 0 bridgehead atoms. The minimum Gasteiger partial charge on any atom is -0.508 e. The number of piperazine rings is 1. The Morgan fingerprint density at radius 1 is 0.848 bits per heavy atom. The molecule has 2 heterocycles. The van der Waals surface area contributed by atoms with Crippen LogP contribution < -0.4 is 4.90 Å². The van der Waals surface area contributed by atoms with Crippen LogP contribution in [-0.2, 0) is 0 Å². The third kappa shape index (κ3) is 4.43. The van der Waals surface area contributed by atoms with Crippen molar-refractivity contribution in [2.75, 3.05) is 31.1 Å². The molecule has 1 aliphatic heterocycles. The molecule has 0 aliphatic carbocycles. The second-order valence-electron chi connectivity index (χ2n) is 7.98. The van der Waals surface area contributed by atoms with Crippen molar-refractivity contribution in [3.8, 4) is 22.7 Å². The first kappa shape index (κ1) is 21.1. The molecule has 0 atom stereocenters. The summed E-state index contributed by atoms with van der Waals surface area (Å²) in [4.78, 5) is 17.6. The maximum absolute atomic E-state index is 13.6. The van der Waals surface area contributed by atoms with Crippen LogP contribution in [0, 0.1) is 0 Å². The van der Waals surface area contributed by atoms with E-state index in [-0.39, 0.29) is 11.7 Å². The average molecular weight is 459 g/mol. The van der Waals surface area contributed by atoms with Crippen LogP contribution in [0.4, 0.5) is 5.69 Å². The van der Waals surface area contributed by atoms with Gasteiger partial charge in [0, 0.05) is 54.7 Å². The van der Waals surface area contributed by atoms with Crippen molar-refractivity contribution in [1.29, 1.82) is 0 Å². The summed E-state index contributed by atoms with van der Waals surface area (Å²) in [5.74, 6) is 0.199. The number of anilines is 1. The maximum Gasteiger partial charge on any atom is 0.257 e. The van der Waals surface area contributed by atoms with Crippen LogP contribution >= 0.6 is 11.6 Å². The van der Waals surface area contributed by atoms with Crippen LogP contribution in [0.2, 0.25) is 5.02 Å². The van der Waals surface area contributed by atoms with Gasteiger partial charge in [-0.05, 0) is 36.4 Å². The lowest BCUT2D eigenvalue weighted by Gasteiger charge is -2.36. The monoisotopic (exact) mass is 458 g/mol. The highest BCUT2D eigenvalue weighted by atomic mass is 35.5. The van der Waals surface area contributed by atoms with Gasteiger partial charge < -0.3 is 14.9 Å². The van der Waals surface area contributed by atoms with Gasteiger partial charge >= 0.3 is 0 Å². The highest BCUT2D eigenvalue weighted by Crippen LogP contribution is 2.27. The van der Waals surface area contributed by atoms with E-state index in [1.165, 1.54) is 0 Å². The summed E-state index contributed by atoms with van der Waals surface area (Å²) in [7, 11) is 0. The molecular formula is C26H23ClN4O2. The third-order valence-corrected chi connectivity index (χ3v) is 6.10. The Morgan fingerprint density at radius 2 is 1.55 bits per heavy atom. The number of carbonyl (C=O) groups excluding carboxylic acids is 1. The maximum atomic E-state index is 13.6. The average Bonchev–Trinajstić information content (AvgIpc) is 3.30. The molecule has 7 heteroatoms. The van der Waals surface area contributed by atoms with Crippen molar-refractivity contribution < 1.29 is 9.90 Å². The fourth-order valence-corrected chi connectivity index (χ4v) is 4.22. The van der Waals surface area contributed by atoms with Gasteiger partial charge in [0.15, 0.2) is 0 Å².